The van der Waals surface area contributed by atoms with Gasteiger partial charge in [0.25, 0.3) is 9.05 Å². The van der Waals surface area contributed by atoms with Crippen LogP contribution >= 0.6 is 33.9 Å². The second-order valence-electron chi connectivity index (χ2n) is 2.70. The molecule has 0 aliphatic rings. The van der Waals surface area contributed by atoms with Crippen molar-refractivity contribution in [3.05, 3.63) is 27.7 Å². The molecule has 0 amide bonds. The van der Waals surface area contributed by atoms with Crippen molar-refractivity contribution >= 4 is 42.9 Å². The molecule has 9 heteroatoms. The predicted octanol–water partition coefficient (Wildman–Crippen LogP) is 3.94. The summed E-state index contributed by atoms with van der Waals surface area (Å²) in [5, 5.41) is -1.16. The molecule has 0 aliphatic heterocycles. The number of benzene rings is 1. The van der Waals surface area contributed by atoms with Gasteiger partial charge in [-0.05, 0) is 12.1 Å². The molecule has 2 nitrogen and oxygen atoms in total. The first-order valence-electron chi connectivity index (χ1n) is 3.54. The molecule has 0 fully saturated rings. The van der Waals surface area contributed by atoms with Gasteiger partial charge in [0.05, 0.1) is 15.6 Å². The number of rotatable bonds is 1. The molecule has 0 unspecified atom stereocenters. The second-order valence-corrected chi connectivity index (χ2v) is 6.05. The summed E-state index contributed by atoms with van der Waals surface area (Å²) in [4.78, 5) is -0.826. The highest BCUT2D eigenvalue weighted by Crippen LogP contribution is 2.39. The van der Waals surface area contributed by atoms with Gasteiger partial charge in [-0.3, -0.25) is 0 Å². The van der Waals surface area contributed by atoms with E-state index >= 15 is 0 Å². The Hall–Kier alpha value is -0.170. The molecule has 0 bridgehead atoms. The van der Waals surface area contributed by atoms with Gasteiger partial charge in [0, 0.05) is 10.7 Å². The molecular weight excluding hydrogens is 311 g/mol. The van der Waals surface area contributed by atoms with E-state index in [-0.39, 0.29) is 0 Å². The van der Waals surface area contributed by atoms with Crippen LogP contribution in [0.25, 0.3) is 0 Å². The van der Waals surface area contributed by atoms with Gasteiger partial charge in [-0.15, -0.1) is 0 Å². The third-order valence-electron chi connectivity index (χ3n) is 1.59. The lowest BCUT2D eigenvalue weighted by Gasteiger charge is -2.10. The first-order chi connectivity index (χ1) is 7.03. The average Bonchev–Trinajstić information content (AvgIpc) is 1.97. The molecule has 90 valence electrons. The Kier molecular flexibility index (Phi) is 3.69. The molecule has 1 aromatic rings. The molecule has 0 saturated heterocycles. The van der Waals surface area contributed by atoms with Gasteiger partial charge >= 0.3 is 6.18 Å². The minimum absolute atomic E-state index is 0.299. The SMILES string of the molecule is O=S(=O)(Cl)c1cc(C(F)(F)F)c(Cl)cc1Cl. The Bertz CT molecular complexity index is 524. The highest BCUT2D eigenvalue weighted by Gasteiger charge is 2.35. The fourth-order valence-corrected chi connectivity index (χ4v) is 2.78. The van der Waals surface area contributed by atoms with Crippen molar-refractivity contribution in [3.8, 4) is 0 Å². The van der Waals surface area contributed by atoms with E-state index in [0.29, 0.717) is 12.1 Å². The van der Waals surface area contributed by atoms with Crippen LogP contribution in [0.15, 0.2) is 17.0 Å². The summed E-state index contributed by atoms with van der Waals surface area (Å²) < 4.78 is 59.0. The van der Waals surface area contributed by atoms with Crippen LogP contribution < -0.4 is 0 Å². The van der Waals surface area contributed by atoms with Gasteiger partial charge in [0.15, 0.2) is 0 Å². The first kappa shape index (κ1) is 13.9. The van der Waals surface area contributed by atoms with Gasteiger partial charge in [-0.25, -0.2) is 8.42 Å². The van der Waals surface area contributed by atoms with Crippen molar-refractivity contribution in [3.63, 3.8) is 0 Å². The maximum atomic E-state index is 12.4. The largest absolute Gasteiger partial charge is 0.417 e. The van der Waals surface area contributed by atoms with E-state index in [2.05, 4.69) is 0 Å². The maximum absolute atomic E-state index is 12.4. The number of hydrogen-bond donors (Lipinski definition) is 0. The van der Waals surface area contributed by atoms with Gasteiger partial charge in [0.2, 0.25) is 0 Å². The standard InChI is InChI=1S/C7H2Cl3F3O2S/c8-4-2-5(9)6(16(10,14)15)1-3(4)7(11,12)13/h1-2H. The van der Waals surface area contributed by atoms with Crippen molar-refractivity contribution in [1.29, 1.82) is 0 Å². The molecule has 0 aromatic heterocycles. The second kappa shape index (κ2) is 4.25. The van der Waals surface area contributed by atoms with Crippen LogP contribution in [0.5, 0.6) is 0 Å². The average molecular weight is 314 g/mol. The highest BCUT2D eigenvalue weighted by atomic mass is 35.7. The van der Waals surface area contributed by atoms with E-state index in [1.807, 2.05) is 0 Å². The third kappa shape index (κ3) is 2.94. The normalized spacial score (nSPS) is 12.9. The summed E-state index contributed by atoms with van der Waals surface area (Å²) in [7, 11) is 0.564. The zero-order valence-corrected chi connectivity index (χ0v) is 10.2. The van der Waals surface area contributed by atoms with E-state index in [1.54, 1.807) is 0 Å². The van der Waals surface area contributed by atoms with E-state index in [9.17, 15) is 21.6 Å². The van der Waals surface area contributed by atoms with E-state index < -0.39 is 35.7 Å². The Balaban J connectivity index is 3.58. The Morgan fingerprint density at radius 3 is 1.94 bits per heavy atom. The molecule has 1 rings (SSSR count). The van der Waals surface area contributed by atoms with Crippen molar-refractivity contribution in [1.82, 2.24) is 0 Å². The van der Waals surface area contributed by atoms with Crippen LogP contribution in [0.2, 0.25) is 10.0 Å². The van der Waals surface area contributed by atoms with Gasteiger partial charge in [-0.2, -0.15) is 13.2 Å². The van der Waals surface area contributed by atoms with Crippen molar-refractivity contribution in [2.45, 2.75) is 11.1 Å². The van der Waals surface area contributed by atoms with E-state index in [4.69, 9.17) is 33.9 Å². The molecule has 0 heterocycles. The molecule has 1 aromatic carbocycles. The summed E-state index contributed by atoms with van der Waals surface area (Å²) in [6, 6.07) is 0.980. The van der Waals surface area contributed by atoms with Crippen LogP contribution in [-0.4, -0.2) is 8.42 Å². The van der Waals surface area contributed by atoms with Crippen molar-refractivity contribution in [2.24, 2.45) is 0 Å². The molecule has 0 radical (unpaired) electrons. The zero-order valence-electron chi connectivity index (χ0n) is 7.15. The summed E-state index contributed by atoms with van der Waals surface area (Å²) in [5.74, 6) is 0. The molecule has 0 aliphatic carbocycles. The summed E-state index contributed by atoms with van der Waals surface area (Å²) >= 11 is 10.7. The van der Waals surface area contributed by atoms with Crippen LogP contribution in [0, 0.1) is 0 Å². The lowest BCUT2D eigenvalue weighted by Crippen LogP contribution is -2.07. The minimum atomic E-state index is -4.78. The number of halogens is 6. The Morgan fingerprint density at radius 1 is 1.06 bits per heavy atom. The van der Waals surface area contributed by atoms with Crippen molar-refractivity contribution < 1.29 is 21.6 Å². The quantitative estimate of drug-likeness (QED) is 0.736. The summed E-state index contributed by atoms with van der Waals surface area (Å²) in [6.07, 6.45) is -4.78. The number of alkyl halides is 3. The van der Waals surface area contributed by atoms with Crippen LogP contribution in [0.4, 0.5) is 13.2 Å². The lowest BCUT2D eigenvalue weighted by molar-refractivity contribution is -0.137. The molecule has 16 heavy (non-hydrogen) atoms. The predicted molar refractivity (Wildman–Crippen MR) is 54.5 cm³/mol. The molecule has 0 atom stereocenters. The molecule has 0 saturated carbocycles. The summed E-state index contributed by atoms with van der Waals surface area (Å²) in [5.41, 5.74) is -1.31. The monoisotopic (exact) mass is 312 g/mol. The maximum Gasteiger partial charge on any atom is 0.417 e. The van der Waals surface area contributed by atoms with Crippen LogP contribution in [0.3, 0.4) is 0 Å². The fraction of sp³-hybridized carbons (Fsp3) is 0.143. The number of hydrogen-bond acceptors (Lipinski definition) is 2. The lowest BCUT2D eigenvalue weighted by atomic mass is 10.2. The molecule has 0 N–H and O–H groups in total. The van der Waals surface area contributed by atoms with Gasteiger partial charge < -0.3 is 0 Å². The topological polar surface area (TPSA) is 34.1 Å². The van der Waals surface area contributed by atoms with Crippen molar-refractivity contribution in [2.75, 3.05) is 0 Å². The molecular formula is C7H2Cl3F3O2S. The zero-order chi connectivity index (χ0) is 12.7. The van der Waals surface area contributed by atoms with Crippen LogP contribution in [0.1, 0.15) is 5.56 Å². The van der Waals surface area contributed by atoms with Gasteiger partial charge in [-0.1, -0.05) is 23.2 Å². The third-order valence-corrected chi connectivity index (χ3v) is 3.69. The Morgan fingerprint density at radius 2 is 1.56 bits per heavy atom. The first-order valence-corrected chi connectivity index (χ1v) is 6.61. The van der Waals surface area contributed by atoms with E-state index in [1.165, 1.54) is 0 Å². The fourth-order valence-electron chi connectivity index (χ4n) is 0.933. The smallest absolute Gasteiger partial charge is 0.207 e. The molecule has 0 spiro atoms. The van der Waals surface area contributed by atoms with Crippen LogP contribution in [-0.2, 0) is 15.2 Å². The summed E-state index contributed by atoms with van der Waals surface area (Å²) in [6.45, 7) is 0. The van der Waals surface area contributed by atoms with Gasteiger partial charge in [0.1, 0.15) is 4.90 Å². The highest BCUT2D eigenvalue weighted by molar-refractivity contribution is 8.13. The minimum Gasteiger partial charge on any atom is -0.207 e. The Labute approximate surface area is 103 Å². The van der Waals surface area contributed by atoms with E-state index in [0.717, 1.165) is 0 Å².